The number of thiazole rings is 1. The van der Waals surface area contributed by atoms with Gasteiger partial charge in [0.1, 0.15) is 6.61 Å². The number of benzene rings is 3. The van der Waals surface area contributed by atoms with Crippen LogP contribution >= 0.6 is 33.9 Å². The highest BCUT2D eigenvalue weighted by atomic mass is 127. The highest BCUT2D eigenvalue weighted by molar-refractivity contribution is 14.1. The zero-order valence-electron chi connectivity index (χ0n) is 29.7. The Bertz CT molecular complexity index is 2260. The summed E-state index contributed by atoms with van der Waals surface area (Å²) in [6.45, 7) is 8.09. The van der Waals surface area contributed by atoms with Crippen LogP contribution in [0.2, 0.25) is 0 Å². The summed E-state index contributed by atoms with van der Waals surface area (Å²) in [5.74, 6) is 1.94. The molecule has 53 heavy (non-hydrogen) atoms. The lowest BCUT2D eigenvalue weighted by molar-refractivity contribution is -0.143. The van der Waals surface area contributed by atoms with Crippen molar-refractivity contribution in [1.29, 1.82) is 0 Å². The van der Waals surface area contributed by atoms with Gasteiger partial charge in [-0.2, -0.15) is 0 Å². The number of esters is 2. The minimum atomic E-state index is -0.896. The van der Waals surface area contributed by atoms with E-state index in [9.17, 15) is 14.4 Å². The molecule has 0 N–H and O–H groups in total. The molecule has 0 fully saturated rings. The van der Waals surface area contributed by atoms with Gasteiger partial charge in [-0.1, -0.05) is 23.5 Å². The van der Waals surface area contributed by atoms with Gasteiger partial charge in [-0.25, -0.2) is 14.6 Å². The third kappa shape index (κ3) is 8.15. The van der Waals surface area contributed by atoms with Gasteiger partial charge in [0.25, 0.3) is 5.56 Å². The molecule has 0 spiro atoms. The number of allylic oxidation sites excluding steroid dienone is 1. The molecule has 13 nitrogen and oxygen atoms in total. The van der Waals surface area contributed by atoms with Crippen molar-refractivity contribution >= 4 is 51.9 Å². The van der Waals surface area contributed by atoms with Crippen molar-refractivity contribution in [3.63, 3.8) is 0 Å². The fourth-order valence-electron chi connectivity index (χ4n) is 5.80. The normalized spacial score (nSPS) is 14.7. The number of rotatable bonds is 14. The molecule has 0 unspecified atom stereocenters. The van der Waals surface area contributed by atoms with Gasteiger partial charge in [0.05, 0.1) is 52.3 Å². The predicted octanol–water partition coefficient (Wildman–Crippen LogP) is 5.06. The van der Waals surface area contributed by atoms with Gasteiger partial charge in [-0.05, 0) is 109 Å². The van der Waals surface area contributed by atoms with Crippen molar-refractivity contribution in [1.82, 2.24) is 4.57 Å². The molecule has 1 aromatic heterocycles. The lowest BCUT2D eigenvalue weighted by Crippen LogP contribution is -2.40. The first-order valence-electron chi connectivity index (χ1n) is 16.8. The fraction of sp³-hybridized carbons (Fsp3) is 0.316. The molecule has 3 aromatic carbocycles. The van der Waals surface area contributed by atoms with Crippen LogP contribution in [0.4, 0.5) is 0 Å². The molecule has 4 aromatic rings. The van der Waals surface area contributed by atoms with Crippen molar-refractivity contribution in [3.05, 3.63) is 99.7 Å². The average molecular weight is 857 g/mol. The summed E-state index contributed by atoms with van der Waals surface area (Å²) in [6.07, 6.45) is 1.77. The van der Waals surface area contributed by atoms with E-state index in [0.717, 1.165) is 9.13 Å². The maximum absolute atomic E-state index is 14.3. The summed E-state index contributed by atoms with van der Waals surface area (Å²) in [5, 5.41) is 0. The minimum absolute atomic E-state index is 0.133. The van der Waals surface area contributed by atoms with Gasteiger partial charge in [0, 0.05) is 0 Å². The highest BCUT2D eigenvalue weighted by Gasteiger charge is 2.34. The minimum Gasteiger partial charge on any atom is -0.490 e. The fourth-order valence-corrected chi connectivity index (χ4v) is 7.62. The van der Waals surface area contributed by atoms with Gasteiger partial charge >= 0.3 is 11.9 Å². The number of hydrogen-bond donors (Lipinski definition) is 0. The van der Waals surface area contributed by atoms with E-state index in [4.69, 9.17) is 37.9 Å². The van der Waals surface area contributed by atoms with Crippen LogP contribution in [0.5, 0.6) is 34.5 Å². The largest absolute Gasteiger partial charge is 0.490 e. The smallest absolute Gasteiger partial charge is 0.343 e. The summed E-state index contributed by atoms with van der Waals surface area (Å²) in [4.78, 5) is 44.7. The van der Waals surface area contributed by atoms with E-state index in [1.807, 2.05) is 44.2 Å². The van der Waals surface area contributed by atoms with Crippen LogP contribution in [0.3, 0.4) is 0 Å². The monoisotopic (exact) mass is 856 g/mol. The Kier molecular flexibility index (Phi) is 11.9. The standard InChI is InChI=1S/C38H37IN2O11S/c1-6-46-29-17-24(10-12-26(29)49-19-32(42)45-5)34-33(37(44)48-8-3)21(4)40-38-41(34)36(43)31(53-38)16-23-13-25(39)35(30(15-23)47-7-2)50-18-22-9-11-27-28(14-22)52-20-51-27/h9-17,34H,6-8,18-20H2,1-5H3/b31-16-/t34-/m1/s1. The second-order valence-electron chi connectivity index (χ2n) is 11.5. The Morgan fingerprint density at radius 1 is 0.943 bits per heavy atom. The number of halogens is 1. The summed E-state index contributed by atoms with van der Waals surface area (Å²) in [6, 6.07) is 13.5. The third-order valence-corrected chi connectivity index (χ3v) is 9.91. The molecule has 15 heteroatoms. The van der Waals surface area contributed by atoms with Crippen LogP contribution in [-0.2, 0) is 25.7 Å². The lowest BCUT2D eigenvalue weighted by Gasteiger charge is -2.25. The van der Waals surface area contributed by atoms with E-state index in [-0.39, 0.29) is 37.7 Å². The molecule has 0 aliphatic carbocycles. The molecule has 1 atom stereocenters. The molecule has 0 radical (unpaired) electrons. The number of nitrogens with zero attached hydrogens (tertiary/aromatic N) is 2. The second-order valence-corrected chi connectivity index (χ2v) is 13.7. The van der Waals surface area contributed by atoms with E-state index in [0.29, 0.717) is 73.9 Å². The van der Waals surface area contributed by atoms with E-state index < -0.39 is 18.0 Å². The molecular formula is C38H37IN2O11S. The Morgan fingerprint density at radius 3 is 2.47 bits per heavy atom. The van der Waals surface area contributed by atoms with E-state index in [1.54, 1.807) is 38.1 Å². The summed E-state index contributed by atoms with van der Waals surface area (Å²) in [5.41, 5.74) is 2.45. The van der Waals surface area contributed by atoms with Gasteiger partial charge in [0.15, 0.2) is 45.9 Å². The Morgan fingerprint density at radius 2 is 1.72 bits per heavy atom. The quantitative estimate of drug-likeness (QED) is 0.124. The van der Waals surface area contributed by atoms with Gasteiger partial charge in [0.2, 0.25) is 6.79 Å². The van der Waals surface area contributed by atoms with Crippen LogP contribution in [0.25, 0.3) is 6.08 Å². The number of methoxy groups -OCH3 is 1. The number of carbonyl (C=O) groups excluding carboxylic acids is 2. The van der Waals surface area contributed by atoms with Gasteiger partial charge in [-0.3, -0.25) is 9.36 Å². The molecule has 3 heterocycles. The number of fused-ring (bicyclic) bond motifs is 2. The van der Waals surface area contributed by atoms with Crippen molar-refractivity contribution in [2.45, 2.75) is 40.3 Å². The average Bonchev–Trinajstić information content (AvgIpc) is 3.73. The molecule has 0 saturated carbocycles. The van der Waals surface area contributed by atoms with Crippen LogP contribution < -0.4 is 43.3 Å². The molecule has 0 bridgehead atoms. The zero-order chi connectivity index (χ0) is 37.6. The van der Waals surface area contributed by atoms with Gasteiger partial charge < -0.3 is 37.9 Å². The van der Waals surface area contributed by atoms with E-state index in [2.05, 4.69) is 27.6 Å². The molecule has 0 saturated heterocycles. The number of hydrogen-bond acceptors (Lipinski definition) is 13. The second kappa shape index (κ2) is 16.8. The maximum Gasteiger partial charge on any atom is 0.343 e. The number of aromatic nitrogens is 1. The molecule has 0 amide bonds. The van der Waals surface area contributed by atoms with Crippen LogP contribution in [0.1, 0.15) is 50.4 Å². The van der Waals surface area contributed by atoms with Crippen LogP contribution in [0, 0.1) is 3.57 Å². The maximum atomic E-state index is 14.3. The number of carbonyl (C=O) groups is 2. The summed E-state index contributed by atoms with van der Waals surface area (Å²) >= 11 is 3.39. The van der Waals surface area contributed by atoms with Crippen molar-refractivity contribution < 1.29 is 47.5 Å². The van der Waals surface area contributed by atoms with E-state index >= 15 is 0 Å². The Hall–Kier alpha value is -5.03. The Balaban J connectivity index is 1.39. The molecular weight excluding hydrogens is 819 g/mol. The third-order valence-electron chi connectivity index (χ3n) is 8.12. The zero-order valence-corrected chi connectivity index (χ0v) is 32.7. The van der Waals surface area contributed by atoms with Gasteiger partial charge in [-0.15, -0.1) is 0 Å². The first kappa shape index (κ1) is 37.7. The summed E-state index contributed by atoms with van der Waals surface area (Å²) < 4.78 is 47.5. The molecule has 2 aliphatic rings. The predicted molar refractivity (Wildman–Crippen MR) is 203 cm³/mol. The molecule has 6 rings (SSSR count). The molecule has 278 valence electrons. The molecule has 2 aliphatic heterocycles. The first-order valence-corrected chi connectivity index (χ1v) is 18.7. The first-order chi connectivity index (χ1) is 25.6. The van der Waals surface area contributed by atoms with Crippen LogP contribution in [0.15, 0.2) is 69.6 Å². The van der Waals surface area contributed by atoms with Crippen molar-refractivity contribution in [3.8, 4) is 34.5 Å². The highest BCUT2D eigenvalue weighted by Crippen LogP contribution is 2.38. The van der Waals surface area contributed by atoms with Crippen LogP contribution in [-0.4, -0.2) is 56.8 Å². The lowest BCUT2D eigenvalue weighted by atomic mass is 9.95. The Labute approximate surface area is 322 Å². The topological polar surface area (TPSA) is 142 Å². The SMILES string of the molecule is CCOC(=O)C1=C(C)N=c2s/c(=C\c3cc(I)c(OCc4ccc5c(c4)OCO5)c(OCC)c3)c(=O)n2[C@@H]1c1ccc(OCC(=O)OC)c(OCC)c1. The summed E-state index contributed by atoms with van der Waals surface area (Å²) in [7, 11) is 1.27. The number of ether oxygens (including phenoxy) is 8. The van der Waals surface area contributed by atoms with Crippen molar-refractivity contribution in [2.24, 2.45) is 4.99 Å². The van der Waals surface area contributed by atoms with Crippen molar-refractivity contribution in [2.75, 3.05) is 40.3 Å². The van der Waals surface area contributed by atoms with E-state index in [1.165, 1.54) is 23.0 Å².